The van der Waals surface area contributed by atoms with E-state index in [-0.39, 0.29) is 22.6 Å². The number of ether oxygens (including phenoxy) is 4. The Morgan fingerprint density at radius 2 is 1.50 bits per heavy atom. The van der Waals surface area contributed by atoms with Crippen molar-refractivity contribution in [2.75, 3.05) is 12.0 Å². The van der Waals surface area contributed by atoms with Crippen molar-refractivity contribution < 1.29 is 33.3 Å². The number of Topliss-reactive ketones (excluding diaryl/α,β-unsaturated/α-hetero) is 1. The van der Waals surface area contributed by atoms with Crippen LogP contribution < -0.4 is 14.4 Å². The summed E-state index contributed by atoms with van der Waals surface area (Å²) in [7, 11) is 1.55. The van der Waals surface area contributed by atoms with Gasteiger partial charge < -0.3 is 18.9 Å². The predicted molar refractivity (Wildman–Crippen MR) is 142 cm³/mol. The minimum absolute atomic E-state index is 0.0866. The fourth-order valence-corrected chi connectivity index (χ4v) is 4.21. The summed E-state index contributed by atoms with van der Waals surface area (Å²) in [5.41, 5.74) is 0.0811. The molecule has 2 aromatic carbocycles. The number of benzene rings is 2. The second-order valence-electron chi connectivity index (χ2n) is 11.2. The smallest absolute Gasteiger partial charge is 0.356 e. The molecule has 8 nitrogen and oxygen atoms in total. The summed E-state index contributed by atoms with van der Waals surface area (Å²) in [5.74, 6) is -0.840. The first-order valence-electron chi connectivity index (χ1n) is 12.4. The molecule has 0 aliphatic carbocycles. The lowest BCUT2D eigenvalue weighted by Crippen LogP contribution is -2.50. The first kappa shape index (κ1) is 27.0. The normalized spacial score (nSPS) is 17.2. The van der Waals surface area contributed by atoms with Crippen molar-refractivity contribution in [1.82, 2.24) is 0 Å². The van der Waals surface area contributed by atoms with Crippen LogP contribution in [-0.4, -0.2) is 42.3 Å². The Balaban J connectivity index is 1.99. The number of aryl methyl sites for hydroxylation is 1. The number of hydrogen-bond acceptors (Lipinski definition) is 8. The molecule has 4 rings (SSSR count). The summed E-state index contributed by atoms with van der Waals surface area (Å²) >= 11 is 0. The van der Waals surface area contributed by atoms with Crippen LogP contribution in [0.25, 0.3) is 0 Å². The standard InChI is InChI=1S/C30H33NO7/c1-17-9-14-23-20(15-17)25(32)22-16-21(27(33)37-29(2,3)4)24(28(34)38-30(5,6)7)31(26(22)36-23)18-10-12-19(35-8)13-11-18/h9-16,26H,1-8H3. The Hall–Kier alpha value is -4.07. The van der Waals surface area contributed by atoms with Gasteiger partial charge in [-0.1, -0.05) is 11.6 Å². The van der Waals surface area contributed by atoms with Crippen LogP contribution in [0, 0.1) is 6.92 Å². The molecule has 0 radical (unpaired) electrons. The SMILES string of the molecule is COc1ccc(N2C(C(=O)OC(C)(C)C)=C(C(=O)OC(C)(C)C)C=C3C(=O)c4cc(C)ccc4OC32)cc1. The Bertz CT molecular complexity index is 1350. The molecule has 2 aliphatic heterocycles. The third-order valence-electron chi connectivity index (χ3n) is 5.74. The van der Waals surface area contributed by atoms with E-state index in [1.54, 1.807) is 85.1 Å². The van der Waals surface area contributed by atoms with Crippen LogP contribution in [0.4, 0.5) is 5.69 Å². The van der Waals surface area contributed by atoms with Gasteiger partial charge in [-0.25, -0.2) is 9.59 Å². The van der Waals surface area contributed by atoms with Gasteiger partial charge in [0, 0.05) is 5.69 Å². The number of esters is 2. The molecule has 8 heteroatoms. The van der Waals surface area contributed by atoms with Gasteiger partial charge in [-0.05, 0) is 90.9 Å². The Kier molecular flexibility index (Phi) is 6.86. The van der Waals surface area contributed by atoms with E-state index in [0.29, 0.717) is 22.7 Å². The first-order valence-corrected chi connectivity index (χ1v) is 12.4. The number of carbonyl (C=O) groups is 3. The topological polar surface area (TPSA) is 91.4 Å². The average Bonchev–Trinajstić information content (AvgIpc) is 2.81. The highest BCUT2D eigenvalue weighted by Crippen LogP contribution is 2.41. The van der Waals surface area contributed by atoms with Crippen LogP contribution in [0.5, 0.6) is 11.5 Å². The molecule has 0 bridgehead atoms. The van der Waals surface area contributed by atoms with E-state index in [0.717, 1.165) is 5.56 Å². The quantitative estimate of drug-likeness (QED) is 0.504. The number of nitrogens with zero attached hydrogens (tertiary/aromatic N) is 1. The van der Waals surface area contributed by atoms with E-state index < -0.39 is 29.4 Å². The fraction of sp³-hybridized carbons (Fsp3) is 0.367. The maximum atomic E-state index is 13.8. The fourth-order valence-electron chi connectivity index (χ4n) is 4.21. The Morgan fingerprint density at radius 3 is 2.08 bits per heavy atom. The van der Waals surface area contributed by atoms with E-state index in [1.807, 2.05) is 13.0 Å². The zero-order chi connectivity index (χ0) is 28.0. The summed E-state index contributed by atoms with van der Waals surface area (Å²) in [4.78, 5) is 42.5. The molecule has 0 saturated heterocycles. The monoisotopic (exact) mass is 519 g/mol. The van der Waals surface area contributed by atoms with Crippen molar-refractivity contribution in [3.05, 3.63) is 76.5 Å². The highest BCUT2D eigenvalue weighted by Gasteiger charge is 2.46. The third kappa shape index (κ3) is 5.44. The summed E-state index contributed by atoms with van der Waals surface area (Å²) in [5, 5.41) is 0. The number of rotatable bonds is 4. The van der Waals surface area contributed by atoms with Crippen LogP contribution in [0.1, 0.15) is 57.5 Å². The minimum Gasteiger partial charge on any atom is -0.497 e. The van der Waals surface area contributed by atoms with Crippen molar-refractivity contribution in [3.8, 4) is 11.5 Å². The van der Waals surface area contributed by atoms with Crippen molar-refractivity contribution in [3.63, 3.8) is 0 Å². The summed E-state index contributed by atoms with van der Waals surface area (Å²) in [6, 6.07) is 12.2. The van der Waals surface area contributed by atoms with Crippen molar-refractivity contribution >= 4 is 23.4 Å². The van der Waals surface area contributed by atoms with Crippen LogP contribution >= 0.6 is 0 Å². The molecule has 2 aliphatic rings. The number of methoxy groups -OCH3 is 1. The molecular formula is C30H33NO7. The molecule has 0 aromatic heterocycles. The number of ketones is 1. The van der Waals surface area contributed by atoms with Crippen LogP contribution in [0.3, 0.4) is 0 Å². The van der Waals surface area contributed by atoms with E-state index in [1.165, 1.54) is 11.0 Å². The van der Waals surface area contributed by atoms with Crippen molar-refractivity contribution in [2.45, 2.75) is 65.9 Å². The number of carbonyl (C=O) groups excluding carboxylic acids is 3. The maximum absolute atomic E-state index is 13.8. The molecule has 0 saturated carbocycles. The molecule has 0 N–H and O–H groups in total. The minimum atomic E-state index is -1.03. The summed E-state index contributed by atoms with van der Waals surface area (Å²) < 4.78 is 23.0. The summed E-state index contributed by atoms with van der Waals surface area (Å²) in [6.45, 7) is 12.3. The molecule has 1 unspecified atom stereocenters. The summed E-state index contributed by atoms with van der Waals surface area (Å²) in [6.07, 6.45) is 0.367. The number of hydrogen-bond donors (Lipinski definition) is 0. The highest BCUT2D eigenvalue weighted by molar-refractivity contribution is 6.16. The highest BCUT2D eigenvalue weighted by atomic mass is 16.6. The van der Waals surface area contributed by atoms with Crippen LogP contribution in [0.2, 0.25) is 0 Å². The Labute approximate surface area is 222 Å². The average molecular weight is 520 g/mol. The number of fused-ring (bicyclic) bond motifs is 2. The maximum Gasteiger partial charge on any atom is 0.356 e. The van der Waals surface area contributed by atoms with Gasteiger partial charge >= 0.3 is 11.9 Å². The zero-order valence-corrected chi connectivity index (χ0v) is 23.0. The second kappa shape index (κ2) is 9.67. The predicted octanol–water partition coefficient (Wildman–Crippen LogP) is 5.29. The van der Waals surface area contributed by atoms with Crippen molar-refractivity contribution in [1.29, 1.82) is 0 Å². The molecule has 1 atom stereocenters. The lowest BCUT2D eigenvalue weighted by Gasteiger charge is -2.41. The van der Waals surface area contributed by atoms with E-state index >= 15 is 0 Å². The van der Waals surface area contributed by atoms with Gasteiger partial charge in [0.2, 0.25) is 6.23 Å². The molecule has 38 heavy (non-hydrogen) atoms. The van der Waals surface area contributed by atoms with Gasteiger partial charge in [0.1, 0.15) is 28.4 Å². The third-order valence-corrected chi connectivity index (χ3v) is 5.74. The van der Waals surface area contributed by atoms with Crippen molar-refractivity contribution in [2.24, 2.45) is 0 Å². The van der Waals surface area contributed by atoms with Gasteiger partial charge in [0.05, 0.1) is 23.8 Å². The molecule has 2 heterocycles. The van der Waals surface area contributed by atoms with Gasteiger partial charge in [-0.2, -0.15) is 0 Å². The van der Waals surface area contributed by atoms with Crippen LogP contribution in [-0.2, 0) is 19.1 Å². The Morgan fingerprint density at radius 1 is 0.895 bits per heavy atom. The molecule has 0 amide bonds. The molecule has 2 aromatic rings. The molecular weight excluding hydrogens is 486 g/mol. The molecule has 200 valence electrons. The lowest BCUT2D eigenvalue weighted by atomic mass is 9.90. The van der Waals surface area contributed by atoms with Gasteiger partial charge in [-0.3, -0.25) is 9.69 Å². The molecule has 0 spiro atoms. The molecule has 0 fully saturated rings. The van der Waals surface area contributed by atoms with Crippen LogP contribution in [0.15, 0.2) is 65.4 Å². The number of anilines is 1. The van der Waals surface area contributed by atoms with E-state index in [2.05, 4.69) is 0 Å². The zero-order valence-electron chi connectivity index (χ0n) is 23.0. The first-order chi connectivity index (χ1) is 17.7. The lowest BCUT2D eigenvalue weighted by molar-refractivity contribution is -0.153. The van der Waals surface area contributed by atoms with Gasteiger partial charge in [0.25, 0.3) is 0 Å². The largest absolute Gasteiger partial charge is 0.497 e. The van der Waals surface area contributed by atoms with Gasteiger partial charge in [0.15, 0.2) is 5.78 Å². The van der Waals surface area contributed by atoms with E-state index in [9.17, 15) is 14.4 Å². The second-order valence-corrected chi connectivity index (χ2v) is 11.2. The van der Waals surface area contributed by atoms with E-state index in [4.69, 9.17) is 18.9 Å². The van der Waals surface area contributed by atoms with Gasteiger partial charge in [-0.15, -0.1) is 0 Å².